The van der Waals surface area contributed by atoms with E-state index in [2.05, 4.69) is 0 Å². The van der Waals surface area contributed by atoms with Gasteiger partial charge >= 0.3 is 5.97 Å². The fourth-order valence-corrected chi connectivity index (χ4v) is 2.54. The Labute approximate surface area is 101 Å². The Morgan fingerprint density at radius 3 is 2.53 bits per heavy atom. The molecule has 1 N–H and O–H groups in total. The van der Waals surface area contributed by atoms with Gasteiger partial charge in [0.25, 0.3) is 0 Å². The van der Waals surface area contributed by atoms with Gasteiger partial charge in [0.1, 0.15) is 0 Å². The van der Waals surface area contributed by atoms with Gasteiger partial charge in [-0.1, -0.05) is 18.2 Å². The second kappa shape index (κ2) is 5.32. The molecule has 0 amide bonds. The number of hydrogen-bond donors (Lipinski definition) is 1. The van der Waals surface area contributed by atoms with Crippen LogP contribution in [0.2, 0.25) is 0 Å². The van der Waals surface area contributed by atoms with Crippen molar-refractivity contribution in [3.63, 3.8) is 0 Å². The van der Waals surface area contributed by atoms with E-state index in [0.717, 1.165) is 31.2 Å². The maximum absolute atomic E-state index is 11.7. The van der Waals surface area contributed by atoms with E-state index >= 15 is 0 Å². The number of aliphatic hydroxyl groups excluding tert-OH is 1. The Morgan fingerprint density at radius 2 is 1.88 bits per heavy atom. The fraction of sp³-hybridized carbons (Fsp3) is 0.500. The highest BCUT2D eigenvalue weighted by Gasteiger charge is 2.24. The van der Waals surface area contributed by atoms with Gasteiger partial charge in [-0.3, -0.25) is 0 Å². The molecule has 0 bridgehead atoms. The summed E-state index contributed by atoms with van der Waals surface area (Å²) in [6.45, 7) is 0. The van der Waals surface area contributed by atoms with E-state index < -0.39 is 0 Å². The van der Waals surface area contributed by atoms with Crippen molar-refractivity contribution in [1.29, 1.82) is 0 Å². The van der Waals surface area contributed by atoms with Crippen molar-refractivity contribution < 1.29 is 14.6 Å². The minimum Gasteiger partial charge on any atom is -0.465 e. The Kier molecular flexibility index (Phi) is 3.79. The monoisotopic (exact) mass is 234 g/mol. The van der Waals surface area contributed by atoms with Gasteiger partial charge in [-0.2, -0.15) is 0 Å². The van der Waals surface area contributed by atoms with Gasteiger partial charge in [0, 0.05) is 0 Å². The zero-order valence-corrected chi connectivity index (χ0v) is 10.1. The van der Waals surface area contributed by atoms with E-state index in [1.165, 1.54) is 7.11 Å². The summed E-state index contributed by atoms with van der Waals surface area (Å²) in [4.78, 5) is 11.7. The highest BCUT2D eigenvalue weighted by molar-refractivity contribution is 5.91. The lowest BCUT2D eigenvalue weighted by atomic mass is 9.81. The van der Waals surface area contributed by atoms with Crippen LogP contribution in [0.25, 0.3) is 0 Å². The summed E-state index contributed by atoms with van der Waals surface area (Å²) >= 11 is 0. The molecule has 0 radical (unpaired) electrons. The third kappa shape index (κ3) is 2.67. The van der Waals surface area contributed by atoms with Crippen molar-refractivity contribution in [3.05, 3.63) is 35.4 Å². The number of ether oxygens (including phenoxy) is 1. The van der Waals surface area contributed by atoms with Crippen LogP contribution in [-0.2, 0) is 4.74 Å². The zero-order valence-electron chi connectivity index (χ0n) is 10.1. The minimum atomic E-state index is -0.272. The molecule has 1 aromatic carbocycles. The van der Waals surface area contributed by atoms with Crippen LogP contribution in [-0.4, -0.2) is 24.3 Å². The van der Waals surface area contributed by atoms with E-state index in [4.69, 9.17) is 4.74 Å². The Balaban J connectivity index is 2.23. The summed E-state index contributed by atoms with van der Waals surface area (Å²) in [6, 6.07) is 7.61. The molecular weight excluding hydrogens is 216 g/mol. The van der Waals surface area contributed by atoms with Crippen LogP contribution >= 0.6 is 0 Å². The molecule has 1 aromatic rings. The largest absolute Gasteiger partial charge is 0.465 e. The zero-order chi connectivity index (χ0) is 12.3. The molecule has 1 fully saturated rings. The highest BCUT2D eigenvalue weighted by Crippen LogP contribution is 2.34. The Morgan fingerprint density at radius 1 is 1.24 bits per heavy atom. The summed E-state index contributed by atoms with van der Waals surface area (Å²) in [6.07, 6.45) is 3.35. The summed E-state index contributed by atoms with van der Waals surface area (Å²) in [7, 11) is 1.41. The molecule has 0 atom stereocenters. The first-order valence-corrected chi connectivity index (χ1v) is 6.07. The SMILES string of the molecule is COC(=O)c1ccccc1C1CCC(O)CC1. The van der Waals surface area contributed by atoms with Gasteiger partial charge in [-0.25, -0.2) is 4.79 Å². The van der Waals surface area contributed by atoms with Crippen LogP contribution in [0.5, 0.6) is 0 Å². The maximum atomic E-state index is 11.7. The third-order valence-electron chi connectivity index (χ3n) is 3.50. The normalized spacial score (nSPS) is 24.4. The van der Waals surface area contributed by atoms with Crippen LogP contribution in [0.4, 0.5) is 0 Å². The fourth-order valence-electron chi connectivity index (χ4n) is 2.54. The number of carbonyl (C=O) groups excluding carboxylic acids is 1. The number of benzene rings is 1. The van der Waals surface area contributed by atoms with Crippen LogP contribution in [0.3, 0.4) is 0 Å². The van der Waals surface area contributed by atoms with Crippen LogP contribution in [0.15, 0.2) is 24.3 Å². The predicted octanol–water partition coefficient (Wildman–Crippen LogP) is 2.49. The average molecular weight is 234 g/mol. The molecule has 3 heteroatoms. The van der Waals surface area contributed by atoms with Crippen molar-refractivity contribution in [2.75, 3.05) is 7.11 Å². The molecule has 1 aliphatic rings. The molecule has 92 valence electrons. The summed E-state index contributed by atoms with van der Waals surface area (Å²) in [5, 5.41) is 9.51. The van der Waals surface area contributed by atoms with E-state index in [0.29, 0.717) is 11.5 Å². The maximum Gasteiger partial charge on any atom is 0.338 e. The quantitative estimate of drug-likeness (QED) is 0.800. The van der Waals surface area contributed by atoms with Gasteiger partial charge < -0.3 is 9.84 Å². The molecule has 0 aliphatic heterocycles. The van der Waals surface area contributed by atoms with Crippen LogP contribution in [0.1, 0.15) is 47.5 Å². The van der Waals surface area contributed by atoms with E-state index in [9.17, 15) is 9.90 Å². The number of esters is 1. The third-order valence-corrected chi connectivity index (χ3v) is 3.50. The first kappa shape index (κ1) is 12.1. The topological polar surface area (TPSA) is 46.5 Å². The second-order valence-corrected chi connectivity index (χ2v) is 4.58. The van der Waals surface area contributed by atoms with Gasteiger partial charge in [0.15, 0.2) is 0 Å². The molecule has 1 saturated carbocycles. The standard InChI is InChI=1S/C14H18O3/c1-17-14(16)13-5-3-2-4-12(13)10-6-8-11(15)9-7-10/h2-5,10-11,15H,6-9H2,1H3. The van der Waals surface area contributed by atoms with Gasteiger partial charge in [0.05, 0.1) is 18.8 Å². The van der Waals surface area contributed by atoms with Crippen molar-refractivity contribution in [1.82, 2.24) is 0 Å². The van der Waals surface area contributed by atoms with Crippen LogP contribution < -0.4 is 0 Å². The number of hydrogen-bond acceptors (Lipinski definition) is 3. The van der Waals surface area contributed by atoms with Crippen LogP contribution in [0, 0.1) is 0 Å². The van der Waals surface area contributed by atoms with Crippen molar-refractivity contribution in [2.24, 2.45) is 0 Å². The average Bonchev–Trinajstić information content (AvgIpc) is 2.39. The molecule has 0 unspecified atom stereocenters. The Hall–Kier alpha value is -1.35. The van der Waals surface area contributed by atoms with Crippen molar-refractivity contribution in [2.45, 2.75) is 37.7 Å². The van der Waals surface area contributed by atoms with E-state index in [-0.39, 0.29) is 12.1 Å². The van der Waals surface area contributed by atoms with E-state index in [1.54, 1.807) is 0 Å². The van der Waals surface area contributed by atoms with Crippen molar-refractivity contribution >= 4 is 5.97 Å². The summed E-state index contributed by atoms with van der Waals surface area (Å²) in [5.41, 5.74) is 1.72. The smallest absolute Gasteiger partial charge is 0.338 e. The molecule has 3 nitrogen and oxygen atoms in total. The molecule has 17 heavy (non-hydrogen) atoms. The number of aliphatic hydroxyl groups is 1. The highest BCUT2D eigenvalue weighted by atomic mass is 16.5. The number of rotatable bonds is 2. The number of carbonyl (C=O) groups is 1. The minimum absolute atomic E-state index is 0.170. The summed E-state index contributed by atoms with van der Waals surface area (Å²) in [5.74, 6) is 0.0976. The van der Waals surface area contributed by atoms with E-state index in [1.807, 2.05) is 24.3 Å². The lowest BCUT2D eigenvalue weighted by Gasteiger charge is -2.26. The summed E-state index contributed by atoms with van der Waals surface area (Å²) < 4.78 is 4.80. The predicted molar refractivity (Wildman–Crippen MR) is 65.0 cm³/mol. The van der Waals surface area contributed by atoms with Crippen molar-refractivity contribution in [3.8, 4) is 0 Å². The van der Waals surface area contributed by atoms with Gasteiger partial charge in [0.2, 0.25) is 0 Å². The molecular formula is C14H18O3. The van der Waals surface area contributed by atoms with Gasteiger partial charge in [-0.05, 0) is 43.2 Å². The lowest BCUT2D eigenvalue weighted by Crippen LogP contribution is -2.19. The molecule has 0 heterocycles. The van der Waals surface area contributed by atoms with Gasteiger partial charge in [-0.15, -0.1) is 0 Å². The molecule has 0 saturated heterocycles. The lowest BCUT2D eigenvalue weighted by molar-refractivity contribution is 0.0598. The first-order valence-electron chi connectivity index (χ1n) is 6.07. The Bertz CT molecular complexity index is 392. The molecule has 0 spiro atoms. The first-order chi connectivity index (χ1) is 8.22. The number of methoxy groups -OCH3 is 1. The molecule has 0 aromatic heterocycles. The molecule has 1 aliphatic carbocycles. The second-order valence-electron chi connectivity index (χ2n) is 4.58. The molecule has 2 rings (SSSR count).